The highest BCUT2D eigenvalue weighted by Crippen LogP contribution is 2.21. The quantitative estimate of drug-likeness (QED) is 0.641. The molecule has 4 nitrogen and oxygen atoms in total. The van der Waals surface area contributed by atoms with Crippen LogP contribution in [0.4, 0.5) is 0 Å². The van der Waals surface area contributed by atoms with Crippen LogP contribution < -0.4 is 5.32 Å². The van der Waals surface area contributed by atoms with Gasteiger partial charge >= 0.3 is 0 Å². The smallest absolute Gasteiger partial charge is 0.123 e. The molecule has 1 unspecified atom stereocenters. The molecule has 71 valence electrons. The predicted octanol–water partition coefficient (Wildman–Crippen LogP) is 0.0279. The largest absolute Gasteiger partial charge is 0.384 e. The molecule has 1 aliphatic heterocycles. The molecule has 1 aromatic rings. The van der Waals surface area contributed by atoms with Gasteiger partial charge in [0.05, 0.1) is 18.4 Å². The number of imidazole rings is 1. The lowest BCUT2D eigenvalue weighted by Crippen LogP contribution is -2.32. The van der Waals surface area contributed by atoms with Crippen LogP contribution in [0.15, 0.2) is 6.20 Å². The van der Waals surface area contributed by atoms with Crippen LogP contribution in [-0.2, 0) is 18.7 Å². The Kier molecular flexibility index (Phi) is 1.89. The summed E-state index contributed by atoms with van der Waals surface area (Å²) < 4.78 is 2.03. The Balaban J connectivity index is 2.43. The number of nitrogens with zero attached hydrogens (tertiary/aromatic N) is 2. The Bertz CT molecular complexity index is 311. The van der Waals surface area contributed by atoms with Gasteiger partial charge in [0.15, 0.2) is 0 Å². The molecule has 1 aromatic heterocycles. The van der Waals surface area contributed by atoms with Crippen LogP contribution in [0.1, 0.15) is 18.4 Å². The third kappa shape index (κ3) is 1.47. The van der Waals surface area contributed by atoms with Crippen molar-refractivity contribution in [2.45, 2.75) is 25.6 Å². The summed E-state index contributed by atoms with van der Waals surface area (Å²) in [6.45, 7) is 7.93. The maximum absolute atomic E-state index is 9.74. The van der Waals surface area contributed by atoms with Gasteiger partial charge in [-0.3, -0.25) is 0 Å². The minimum absolute atomic E-state index is 0.774. The number of hydrogen-bond donors (Lipinski definition) is 2. The van der Waals surface area contributed by atoms with Gasteiger partial charge < -0.3 is 15.0 Å². The molecule has 2 N–H and O–H groups in total. The second-order valence-electron chi connectivity index (χ2n) is 3.66. The summed E-state index contributed by atoms with van der Waals surface area (Å²) in [6.07, 6.45) is 1.70. The zero-order chi connectivity index (χ0) is 9.47. The summed E-state index contributed by atoms with van der Waals surface area (Å²) in [5, 5.41) is 13.0. The van der Waals surface area contributed by atoms with Crippen molar-refractivity contribution in [3.63, 3.8) is 0 Å². The predicted molar refractivity (Wildman–Crippen MR) is 48.9 cm³/mol. The van der Waals surface area contributed by atoms with Gasteiger partial charge in [0.2, 0.25) is 0 Å². The van der Waals surface area contributed by atoms with E-state index in [1.807, 2.05) is 4.57 Å². The van der Waals surface area contributed by atoms with Crippen molar-refractivity contribution in [3.8, 4) is 0 Å². The molecule has 0 bridgehead atoms. The van der Waals surface area contributed by atoms with Crippen LogP contribution in [0.25, 0.3) is 0 Å². The fourth-order valence-corrected chi connectivity index (χ4v) is 1.63. The van der Waals surface area contributed by atoms with E-state index in [9.17, 15) is 5.11 Å². The van der Waals surface area contributed by atoms with Gasteiger partial charge in [-0.05, 0) is 13.8 Å². The molecule has 1 atom stereocenters. The molecule has 4 heteroatoms. The van der Waals surface area contributed by atoms with Gasteiger partial charge in [-0.25, -0.2) is 4.98 Å². The minimum Gasteiger partial charge on any atom is -0.384 e. The van der Waals surface area contributed by atoms with Crippen LogP contribution in [0.2, 0.25) is 0 Å². The molecule has 0 amide bonds. The van der Waals surface area contributed by atoms with Gasteiger partial charge in [0.1, 0.15) is 11.4 Å². The highest BCUT2D eigenvalue weighted by atomic mass is 16.3. The Morgan fingerprint density at radius 2 is 2.54 bits per heavy atom. The first kappa shape index (κ1) is 8.72. The maximum atomic E-state index is 9.74. The van der Waals surface area contributed by atoms with E-state index in [-0.39, 0.29) is 0 Å². The number of fused-ring (bicyclic) bond motifs is 1. The van der Waals surface area contributed by atoms with Gasteiger partial charge in [0.25, 0.3) is 0 Å². The molecule has 13 heavy (non-hydrogen) atoms. The van der Waals surface area contributed by atoms with E-state index < -0.39 is 5.60 Å². The summed E-state index contributed by atoms with van der Waals surface area (Å²) in [4.78, 5) is 4.22. The standard InChI is InChI=1S/C9H14N3O/c1-9(2,13)7-5-11-8-6-10-3-4-12(7)8/h5,10,13H,1,3-4,6H2,2H3. The fourth-order valence-electron chi connectivity index (χ4n) is 1.63. The lowest BCUT2D eigenvalue weighted by molar-refractivity contribution is 0.0977. The van der Waals surface area contributed by atoms with E-state index in [1.54, 1.807) is 13.1 Å². The average molecular weight is 180 g/mol. The van der Waals surface area contributed by atoms with Gasteiger partial charge in [-0.1, -0.05) is 0 Å². The Hall–Kier alpha value is -0.870. The average Bonchev–Trinajstić information content (AvgIpc) is 2.45. The van der Waals surface area contributed by atoms with Crippen molar-refractivity contribution in [2.24, 2.45) is 0 Å². The van der Waals surface area contributed by atoms with Crippen molar-refractivity contribution in [1.82, 2.24) is 14.9 Å². The van der Waals surface area contributed by atoms with Crippen molar-refractivity contribution >= 4 is 0 Å². The van der Waals surface area contributed by atoms with E-state index in [4.69, 9.17) is 0 Å². The molecule has 1 radical (unpaired) electrons. The van der Waals surface area contributed by atoms with Crippen LogP contribution in [0.5, 0.6) is 0 Å². The lowest BCUT2D eigenvalue weighted by atomic mass is 10.1. The first-order valence-corrected chi connectivity index (χ1v) is 4.42. The van der Waals surface area contributed by atoms with Crippen molar-refractivity contribution in [1.29, 1.82) is 0 Å². The van der Waals surface area contributed by atoms with Crippen LogP contribution in [0.3, 0.4) is 0 Å². The Morgan fingerprint density at radius 1 is 1.77 bits per heavy atom. The van der Waals surface area contributed by atoms with Gasteiger partial charge in [-0.2, -0.15) is 0 Å². The number of aliphatic hydroxyl groups is 1. The number of rotatable bonds is 1. The normalized spacial score (nSPS) is 17.2. The number of nitrogens with one attached hydrogen (secondary N) is 1. The summed E-state index contributed by atoms with van der Waals surface area (Å²) in [7, 11) is 0. The van der Waals surface area contributed by atoms with E-state index in [0.29, 0.717) is 0 Å². The zero-order valence-electron chi connectivity index (χ0n) is 7.75. The highest BCUT2D eigenvalue weighted by molar-refractivity contribution is 5.15. The second-order valence-corrected chi connectivity index (χ2v) is 3.66. The van der Waals surface area contributed by atoms with Crippen molar-refractivity contribution in [2.75, 3.05) is 6.54 Å². The van der Waals surface area contributed by atoms with Gasteiger partial charge in [-0.15, -0.1) is 0 Å². The zero-order valence-corrected chi connectivity index (χ0v) is 7.75. The first-order valence-electron chi connectivity index (χ1n) is 4.42. The Labute approximate surface area is 77.6 Å². The van der Waals surface area contributed by atoms with Crippen molar-refractivity contribution in [3.05, 3.63) is 24.6 Å². The molecule has 0 spiro atoms. The molecule has 0 saturated carbocycles. The van der Waals surface area contributed by atoms with Crippen LogP contribution >= 0.6 is 0 Å². The molecule has 0 aromatic carbocycles. The van der Waals surface area contributed by atoms with Crippen LogP contribution in [-0.4, -0.2) is 21.2 Å². The molecule has 0 fully saturated rings. The molecule has 2 heterocycles. The first-order chi connectivity index (χ1) is 6.09. The second kappa shape index (κ2) is 2.82. The number of aromatic nitrogens is 2. The van der Waals surface area contributed by atoms with E-state index in [2.05, 4.69) is 17.2 Å². The topological polar surface area (TPSA) is 50.1 Å². The lowest BCUT2D eigenvalue weighted by Gasteiger charge is -2.23. The third-order valence-electron chi connectivity index (χ3n) is 2.29. The molecule has 1 aliphatic rings. The Morgan fingerprint density at radius 3 is 3.23 bits per heavy atom. The van der Waals surface area contributed by atoms with Crippen molar-refractivity contribution < 1.29 is 5.11 Å². The monoisotopic (exact) mass is 180 g/mol. The summed E-state index contributed by atoms with van der Waals surface area (Å²) in [6, 6.07) is 0. The van der Waals surface area contributed by atoms with Crippen LogP contribution in [0, 0.1) is 6.92 Å². The fraction of sp³-hybridized carbons (Fsp3) is 0.556. The summed E-state index contributed by atoms with van der Waals surface area (Å²) in [5.41, 5.74) is -0.244. The molecule has 0 saturated heterocycles. The SMILES string of the molecule is [CH2]C(C)(O)c1cnc2n1CCNC2. The van der Waals surface area contributed by atoms with E-state index in [0.717, 1.165) is 31.2 Å². The maximum Gasteiger partial charge on any atom is 0.123 e. The molecular formula is C9H14N3O. The molecule has 0 aliphatic carbocycles. The third-order valence-corrected chi connectivity index (χ3v) is 2.29. The van der Waals surface area contributed by atoms with Gasteiger partial charge in [0, 0.05) is 13.1 Å². The van der Waals surface area contributed by atoms with E-state index >= 15 is 0 Å². The highest BCUT2D eigenvalue weighted by Gasteiger charge is 2.24. The molecular weight excluding hydrogens is 166 g/mol. The minimum atomic E-state index is -1.04. The van der Waals surface area contributed by atoms with E-state index in [1.165, 1.54) is 0 Å². The summed E-state index contributed by atoms with van der Waals surface area (Å²) >= 11 is 0. The molecule has 2 rings (SSSR count). The summed E-state index contributed by atoms with van der Waals surface area (Å²) in [5.74, 6) is 0.977. The number of hydrogen-bond acceptors (Lipinski definition) is 3.